The molecule has 0 aromatic carbocycles. The number of halogens is 1. The lowest BCUT2D eigenvalue weighted by Gasteiger charge is -2.34. The van der Waals surface area contributed by atoms with E-state index in [0.717, 1.165) is 16.3 Å². The minimum Gasteiger partial charge on any atom is -0.457 e. The molecule has 0 saturated carbocycles. The molecule has 1 aliphatic rings. The van der Waals surface area contributed by atoms with Gasteiger partial charge in [0.1, 0.15) is 18.1 Å². The fourth-order valence-corrected chi connectivity index (χ4v) is 4.92. The maximum Gasteiger partial charge on any atom is 0.309 e. The molecule has 2 rings (SSSR count). The average molecular weight is 510 g/mol. The number of alkyl halides is 1. The highest BCUT2D eigenvalue weighted by molar-refractivity contribution is 7.09. The second-order valence-electron chi connectivity index (χ2n) is 10.4. The summed E-state index contributed by atoms with van der Waals surface area (Å²) < 4.78 is 20.6. The summed E-state index contributed by atoms with van der Waals surface area (Å²) in [5, 5.41) is 24.4. The van der Waals surface area contributed by atoms with E-state index >= 15 is 0 Å². The normalized spacial score (nSPS) is 32.2. The smallest absolute Gasteiger partial charge is 0.309 e. The summed E-state index contributed by atoms with van der Waals surface area (Å²) in [6.45, 7) is 12.0. The molecule has 1 aromatic rings. The molecule has 0 spiro atoms. The van der Waals surface area contributed by atoms with Crippen molar-refractivity contribution >= 4 is 29.2 Å². The number of ketones is 1. The molecule has 0 saturated heterocycles. The number of aromatic nitrogens is 1. The molecule has 0 bridgehead atoms. The van der Waals surface area contributed by atoms with E-state index in [1.807, 2.05) is 25.3 Å². The Morgan fingerprint density at radius 1 is 1.23 bits per heavy atom. The third-order valence-corrected chi connectivity index (χ3v) is 7.95. The largest absolute Gasteiger partial charge is 0.457 e. The Hall–Kier alpha value is -1.90. The zero-order valence-corrected chi connectivity index (χ0v) is 22.7. The molecule has 0 radical (unpaired) electrons. The van der Waals surface area contributed by atoms with Crippen LogP contribution in [0.1, 0.15) is 77.9 Å². The summed E-state index contributed by atoms with van der Waals surface area (Å²) in [5.74, 6) is -2.07. The van der Waals surface area contributed by atoms with Gasteiger partial charge in [-0.25, -0.2) is 9.37 Å². The van der Waals surface area contributed by atoms with Crippen LogP contribution in [0.25, 0.3) is 6.08 Å². The van der Waals surface area contributed by atoms with Gasteiger partial charge in [0.15, 0.2) is 0 Å². The van der Waals surface area contributed by atoms with Gasteiger partial charge in [-0.05, 0) is 56.8 Å². The number of cyclic esters (lactones) is 1. The van der Waals surface area contributed by atoms with Crippen LogP contribution in [-0.2, 0) is 14.3 Å². The highest BCUT2D eigenvalue weighted by atomic mass is 32.1. The van der Waals surface area contributed by atoms with Crippen LogP contribution in [0.2, 0.25) is 0 Å². The molecule has 196 valence electrons. The Bertz CT molecular complexity index is 953. The van der Waals surface area contributed by atoms with Crippen LogP contribution in [0.5, 0.6) is 0 Å². The van der Waals surface area contributed by atoms with Gasteiger partial charge < -0.3 is 14.9 Å². The second-order valence-corrected chi connectivity index (χ2v) is 11.5. The summed E-state index contributed by atoms with van der Waals surface area (Å²) in [7, 11) is 0. The van der Waals surface area contributed by atoms with Gasteiger partial charge in [-0.2, -0.15) is 0 Å². The van der Waals surface area contributed by atoms with Crippen molar-refractivity contribution in [3.05, 3.63) is 33.3 Å². The average Bonchev–Trinajstić information content (AvgIpc) is 3.21. The third-order valence-electron chi connectivity index (χ3n) is 7.15. The van der Waals surface area contributed by atoms with E-state index in [1.165, 1.54) is 11.3 Å². The molecule has 35 heavy (non-hydrogen) atoms. The van der Waals surface area contributed by atoms with Crippen LogP contribution in [-0.4, -0.2) is 51.4 Å². The number of ether oxygens (including phenoxy) is 1. The van der Waals surface area contributed by atoms with Crippen molar-refractivity contribution in [3.63, 3.8) is 0 Å². The zero-order chi connectivity index (χ0) is 26.5. The maximum absolute atomic E-state index is 14.9. The first-order valence-electron chi connectivity index (χ1n) is 12.2. The van der Waals surface area contributed by atoms with E-state index in [0.29, 0.717) is 12.0 Å². The number of carbonyl (C=O) groups is 2. The number of carbonyl (C=O) groups excluding carboxylic acids is 2. The van der Waals surface area contributed by atoms with Gasteiger partial charge in [0.25, 0.3) is 0 Å². The van der Waals surface area contributed by atoms with Gasteiger partial charge in [-0.15, -0.1) is 11.3 Å². The lowest BCUT2D eigenvalue weighted by Crippen LogP contribution is -2.45. The van der Waals surface area contributed by atoms with E-state index < -0.39 is 41.8 Å². The molecule has 2 N–H and O–H groups in total. The Balaban J connectivity index is 2.38. The Labute approximate surface area is 212 Å². The molecule has 0 amide bonds. The standard InChI is InChI=1S/C27H40FNO5S/c1-15-9-11-22(17(3)12-20-14-35-19(5)29-20)34-24(31)13-23(30)27(6,7)26(33)18(4)25(32)16(2)8-10-21(15)28/h9,12,14,16,18,21-23,25,30,32H,8,10-11,13H2,1-7H3/t16-,18+,21-,22-,23-,25-/m0/s1. The molecular formula is C27H40FNO5S. The van der Waals surface area contributed by atoms with Crippen molar-refractivity contribution < 1.29 is 28.9 Å². The molecule has 6 nitrogen and oxygen atoms in total. The molecular weight excluding hydrogens is 469 g/mol. The Kier molecular flexibility index (Phi) is 10.4. The number of hydrogen-bond acceptors (Lipinski definition) is 7. The van der Waals surface area contributed by atoms with E-state index in [9.17, 15) is 24.2 Å². The summed E-state index contributed by atoms with van der Waals surface area (Å²) in [4.78, 5) is 30.4. The third kappa shape index (κ3) is 7.79. The predicted molar refractivity (Wildman–Crippen MR) is 137 cm³/mol. The Morgan fingerprint density at radius 2 is 1.89 bits per heavy atom. The monoisotopic (exact) mass is 509 g/mol. The quantitative estimate of drug-likeness (QED) is 0.419. The fourth-order valence-electron chi connectivity index (χ4n) is 4.35. The summed E-state index contributed by atoms with van der Waals surface area (Å²) in [5.41, 5.74) is 0.765. The van der Waals surface area contributed by atoms with E-state index in [2.05, 4.69) is 4.98 Å². The molecule has 0 fully saturated rings. The first-order valence-corrected chi connectivity index (χ1v) is 13.1. The minimum atomic E-state index is -1.28. The first kappa shape index (κ1) is 29.3. The lowest BCUT2D eigenvalue weighted by atomic mass is 9.73. The van der Waals surface area contributed by atoms with Gasteiger partial charge in [0, 0.05) is 17.7 Å². The first-order chi connectivity index (χ1) is 16.2. The Morgan fingerprint density at radius 3 is 2.49 bits per heavy atom. The molecule has 6 atom stereocenters. The highest BCUT2D eigenvalue weighted by Crippen LogP contribution is 2.33. The number of esters is 1. The van der Waals surface area contributed by atoms with E-state index in [4.69, 9.17) is 4.74 Å². The zero-order valence-electron chi connectivity index (χ0n) is 21.9. The number of hydrogen-bond donors (Lipinski definition) is 2. The maximum atomic E-state index is 14.9. The van der Waals surface area contributed by atoms with Crippen LogP contribution in [0, 0.1) is 24.2 Å². The van der Waals surface area contributed by atoms with Gasteiger partial charge >= 0.3 is 5.97 Å². The van der Waals surface area contributed by atoms with Crippen LogP contribution >= 0.6 is 11.3 Å². The molecule has 0 aliphatic carbocycles. The fraction of sp³-hybridized carbons (Fsp3) is 0.667. The van der Waals surface area contributed by atoms with Gasteiger partial charge in [-0.3, -0.25) is 9.59 Å². The van der Waals surface area contributed by atoms with Crippen molar-refractivity contribution in [3.8, 4) is 0 Å². The van der Waals surface area contributed by atoms with Crippen LogP contribution in [0.3, 0.4) is 0 Å². The number of rotatable bonds is 2. The van der Waals surface area contributed by atoms with Crippen molar-refractivity contribution in [2.24, 2.45) is 17.3 Å². The number of allylic oxidation sites excluding steroid dienone is 1. The van der Waals surface area contributed by atoms with Crippen molar-refractivity contribution in [1.82, 2.24) is 4.98 Å². The molecule has 2 heterocycles. The second kappa shape index (κ2) is 12.4. The van der Waals surface area contributed by atoms with Gasteiger partial charge in [0.2, 0.25) is 0 Å². The number of thiazole rings is 1. The van der Waals surface area contributed by atoms with Gasteiger partial charge in [0.05, 0.1) is 34.7 Å². The van der Waals surface area contributed by atoms with Crippen LogP contribution in [0.15, 0.2) is 22.6 Å². The highest BCUT2D eigenvalue weighted by Gasteiger charge is 2.42. The van der Waals surface area contributed by atoms with E-state index in [1.54, 1.807) is 40.7 Å². The van der Waals surface area contributed by atoms with E-state index in [-0.39, 0.29) is 31.0 Å². The van der Waals surface area contributed by atoms with Crippen molar-refractivity contribution in [2.45, 2.75) is 98.6 Å². The molecule has 1 aromatic heterocycles. The summed E-state index contributed by atoms with van der Waals surface area (Å²) in [6, 6.07) is 0. The molecule has 1 aliphatic heterocycles. The number of aliphatic hydroxyl groups excluding tert-OH is 2. The number of aliphatic hydroxyl groups is 2. The van der Waals surface area contributed by atoms with Crippen LogP contribution < -0.4 is 0 Å². The SMILES string of the molecule is CC(=Cc1csc(C)n1)[C@@H]1CC=C(C)[C@@H](F)CC[C@H](C)[C@H](O)[C@@H](C)C(=O)C(C)(C)[C@@H](O)CC(=O)O1. The predicted octanol–water partition coefficient (Wildman–Crippen LogP) is 5.21. The van der Waals surface area contributed by atoms with Crippen molar-refractivity contribution in [1.29, 1.82) is 0 Å². The number of Topliss-reactive ketones (excluding diaryl/α,β-unsaturated/α-hetero) is 1. The van der Waals surface area contributed by atoms with Crippen LogP contribution in [0.4, 0.5) is 4.39 Å². The summed E-state index contributed by atoms with van der Waals surface area (Å²) in [6.07, 6.45) is -0.0115. The van der Waals surface area contributed by atoms with Crippen molar-refractivity contribution in [2.75, 3.05) is 0 Å². The minimum absolute atomic E-state index is 0.213. The topological polar surface area (TPSA) is 96.7 Å². The van der Waals surface area contributed by atoms with Gasteiger partial charge in [-0.1, -0.05) is 33.8 Å². The number of nitrogens with zero attached hydrogens (tertiary/aromatic N) is 1. The molecule has 0 unspecified atom stereocenters. The summed E-state index contributed by atoms with van der Waals surface area (Å²) >= 11 is 1.51. The lowest BCUT2D eigenvalue weighted by molar-refractivity contribution is -0.154. The number of aryl methyl sites for hydroxylation is 1. The molecule has 8 heteroatoms.